The Bertz CT molecular complexity index is 380. The van der Waals surface area contributed by atoms with E-state index in [2.05, 4.69) is 10.1 Å². The van der Waals surface area contributed by atoms with Crippen LogP contribution in [0.3, 0.4) is 0 Å². The van der Waals surface area contributed by atoms with Crippen LogP contribution in [0.5, 0.6) is 0 Å². The highest BCUT2D eigenvalue weighted by Crippen LogP contribution is 2.19. The number of aromatic nitrogens is 2. The second kappa shape index (κ2) is 2.86. The Labute approximate surface area is 71.8 Å². The van der Waals surface area contributed by atoms with Crippen molar-refractivity contribution in [2.24, 2.45) is 0 Å². The number of hydrogen-bond acceptors (Lipinski definition) is 5. The number of nitrogens with zero attached hydrogens (tertiary/aromatic N) is 2. The maximum absolute atomic E-state index is 10.2. The first-order chi connectivity index (χ1) is 5.90. The van der Waals surface area contributed by atoms with Crippen molar-refractivity contribution < 1.29 is 9.32 Å². The molecule has 2 heterocycles. The zero-order valence-electron chi connectivity index (χ0n) is 5.93. The van der Waals surface area contributed by atoms with Gasteiger partial charge in [-0.05, 0) is 11.4 Å². The Balaban J connectivity index is 2.41. The van der Waals surface area contributed by atoms with Crippen molar-refractivity contribution in [3.05, 3.63) is 22.7 Å². The monoisotopic (exact) mass is 180 g/mol. The van der Waals surface area contributed by atoms with Gasteiger partial charge in [0, 0.05) is 5.38 Å². The van der Waals surface area contributed by atoms with E-state index in [0.29, 0.717) is 12.2 Å². The van der Waals surface area contributed by atoms with Gasteiger partial charge in [-0.3, -0.25) is 4.79 Å². The third kappa shape index (κ3) is 1.14. The van der Waals surface area contributed by atoms with E-state index in [0.717, 1.165) is 5.56 Å². The lowest BCUT2D eigenvalue weighted by molar-refractivity contribution is 0.111. The van der Waals surface area contributed by atoms with E-state index in [1.165, 1.54) is 11.3 Å². The summed E-state index contributed by atoms with van der Waals surface area (Å²) in [5.74, 6) is 0.467. The fraction of sp³-hybridized carbons (Fsp3) is 0. The molecular formula is C7H4N2O2S. The molecule has 0 aliphatic carbocycles. The van der Waals surface area contributed by atoms with E-state index in [1.807, 2.05) is 16.8 Å². The van der Waals surface area contributed by atoms with Crippen molar-refractivity contribution in [3.8, 4) is 11.5 Å². The van der Waals surface area contributed by atoms with Crippen molar-refractivity contribution in [2.75, 3.05) is 0 Å². The molecular weight excluding hydrogens is 176 g/mol. The number of aldehydes is 1. The predicted octanol–water partition coefficient (Wildman–Crippen LogP) is 1.61. The van der Waals surface area contributed by atoms with Gasteiger partial charge in [0.05, 0.1) is 5.56 Å². The first-order valence-corrected chi connectivity index (χ1v) is 4.16. The number of rotatable bonds is 2. The molecule has 60 valence electrons. The van der Waals surface area contributed by atoms with Crippen LogP contribution in [-0.4, -0.2) is 16.4 Å². The van der Waals surface area contributed by atoms with Crippen LogP contribution in [0, 0.1) is 0 Å². The van der Waals surface area contributed by atoms with Crippen LogP contribution in [-0.2, 0) is 0 Å². The molecule has 0 fully saturated rings. The molecule has 0 amide bonds. The van der Waals surface area contributed by atoms with Crippen LogP contribution in [0.25, 0.3) is 11.5 Å². The Kier molecular flexibility index (Phi) is 1.71. The maximum Gasteiger partial charge on any atom is 0.259 e. The minimum atomic E-state index is 0.0798. The highest BCUT2D eigenvalue weighted by Gasteiger charge is 2.06. The smallest absolute Gasteiger partial charge is 0.259 e. The molecule has 12 heavy (non-hydrogen) atoms. The topological polar surface area (TPSA) is 56.0 Å². The third-order valence-corrected chi connectivity index (χ3v) is 2.00. The Morgan fingerprint density at radius 2 is 2.50 bits per heavy atom. The van der Waals surface area contributed by atoms with Gasteiger partial charge in [0.2, 0.25) is 5.82 Å². The Hall–Kier alpha value is -1.49. The first kappa shape index (κ1) is 7.17. The SMILES string of the molecule is O=Cc1noc(-c2ccsc2)n1. The van der Waals surface area contributed by atoms with Crippen molar-refractivity contribution in [2.45, 2.75) is 0 Å². The fourth-order valence-corrected chi connectivity index (χ4v) is 1.42. The molecule has 0 bridgehead atoms. The number of carbonyl (C=O) groups excluding carboxylic acids is 1. The zero-order valence-corrected chi connectivity index (χ0v) is 6.75. The lowest BCUT2D eigenvalue weighted by atomic mass is 10.3. The molecule has 4 nitrogen and oxygen atoms in total. The summed E-state index contributed by atoms with van der Waals surface area (Å²) < 4.78 is 4.81. The van der Waals surface area contributed by atoms with Crippen LogP contribution in [0.4, 0.5) is 0 Å². The molecule has 0 spiro atoms. The lowest BCUT2D eigenvalue weighted by Crippen LogP contribution is -1.80. The molecule has 2 aromatic rings. The normalized spacial score (nSPS) is 10.0. The van der Waals surface area contributed by atoms with Gasteiger partial charge < -0.3 is 4.52 Å². The Morgan fingerprint density at radius 3 is 3.08 bits per heavy atom. The van der Waals surface area contributed by atoms with Crippen LogP contribution in [0.1, 0.15) is 10.6 Å². The minimum absolute atomic E-state index is 0.0798. The van der Waals surface area contributed by atoms with Gasteiger partial charge in [0.1, 0.15) is 0 Å². The fourth-order valence-electron chi connectivity index (χ4n) is 0.786. The highest BCUT2D eigenvalue weighted by molar-refractivity contribution is 7.08. The average Bonchev–Trinajstić information content (AvgIpc) is 2.75. The van der Waals surface area contributed by atoms with Crippen molar-refractivity contribution in [1.82, 2.24) is 10.1 Å². The van der Waals surface area contributed by atoms with Gasteiger partial charge >= 0.3 is 0 Å². The van der Waals surface area contributed by atoms with Gasteiger partial charge in [-0.15, -0.1) is 0 Å². The van der Waals surface area contributed by atoms with E-state index in [1.54, 1.807) is 0 Å². The standard InChI is InChI=1S/C7H4N2O2S/c10-3-6-8-7(11-9-6)5-1-2-12-4-5/h1-4H. The van der Waals surface area contributed by atoms with Crippen LogP contribution >= 0.6 is 11.3 Å². The van der Waals surface area contributed by atoms with Crippen molar-refractivity contribution in [1.29, 1.82) is 0 Å². The molecule has 0 saturated carbocycles. The van der Waals surface area contributed by atoms with Crippen molar-refractivity contribution in [3.63, 3.8) is 0 Å². The lowest BCUT2D eigenvalue weighted by Gasteiger charge is -1.81. The van der Waals surface area contributed by atoms with Gasteiger partial charge in [0.15, 0.2) is 6.29 Å². The molecule has 0 atom stereocenters. The van der Waals surface area contributed by atoms with Gasteiger partial charge in [-0.2, -0.15) is 16.3 Å². The molecule has 0 radical (unpaired) electrons. The largest absolute Gasteiger partial charge is 0.333 e. The van der Waals surface area contributed by atoms with E-state index >= 15 is 0 Å². The molecule has 0 unspecified atom stereocenters. The summed E-state index contributed by atoms with van der Waals surface area (Å²) in [7, 11) is 0. The minimum Gasteiger partial charge on any atom is -0.333 e. The molecule has 0 aliphatic heterocycles. The highest BCUT2D eigenvalue weighted by atomic mass is 32.1. The second-order valence-corrected chi connectivity index (χ2v) is 2.87. The van der Waals surface area contributed by atoms with Crippen molar-refractivity contribution >= 4 is 17.6 Å². The first-order valence-electron chi connectivity index (χ1n) is 3.21. The zero-order chi connectivity index (χ0) is 8.39. The number of carbonyl (C=O) groups is 1. The summed E-state index contributed by atoms with van der Waals surface area (Å²) in [6.07, 6.45) is 0.555. The van der Waals surface area contributed by atoms with Crippen LogP contribution < -0.4 is 0 Å². The summed E-state index contributed by atoms with van der Waals surface area (Å²) in [5, 5.41) is 7.22. The number of hydrogen-bond donors (Lipinski definition) is 0. The van der Waals surface area contributed by atoms with Gasteiger partial charge in [-0.1, -0.05) is 5.16 Å². The Morgan fingerprint density at radius 1 is 1.58 bits per heavy atom. The van der Waals surface area contributed by atoms with E-state index < -0.39 is 0 Å². The van der Waals surface area contributed by atoms with E-state index in [4.69, 9.17) is 4.52 Å². The molecule has 0 saturated heterocycles. The van der Waals surface area contributed by atoms with E-state index in [9.17, 15) is 4.79 Å². The summed E-state index contributed by atoms with van der Waals surface area (Å²) in [6, 6.07) is 1.85. The van der Waals surface area contributed by atoms with E-state index in [-0.39, 0.29) is 5.82 Å². The van der Waals surface area contributed by atoms with Gasteiger partial charge in [-0.25, -0.2) is 0 Å². The summed E-state index contributed by atoms with van der Waals surface area (Å²) in [5.41, 5.74) is 0.848. The van der Waals surface area contributed by atoms with Crippen LogP contribution in [0.2, 0.25) is 0 Å². The molecule has 5 heteroatoms. The third-order valence-electron chi connectivity index (χ3n) is 1.32. The van der Waals surface area contributed by atoms with Crippen LogP contribution in [0.15, 0.2) is 21.3 Å². The summed E-state index contributed by atoms with van der Waals surface area (Å²) >= 11 is 1.54. The molecule has 2 aromatic heterocycles. The molecule has 0 aromatic carbocycles. The average molecular weight is 180 g/mol. The van der Waals surface area contributed by atoms with Gasteiger partial charge in [0.25, 0.3) is 5.89 Å². The predicted molar refractivity (Wildman–Crippen MR) is 43.0 cm³/mol. The maximum atomic E-state index is 10.2. The number of thiophene rings is 1. The molecule has 2 rings (SSSR count). The quantitative estimate of drug-likeness (QED) is 0.659. The summed E-state index contributed by atoms with van der Waals surface area (Å²) in [6.45, 7) is 0. The molecule has 0 aliphatic rings. The second-order valence-electron chi connectivity index (χ2n) is 2.09. The molecule has 0 N–H and O–H groups in total. The summed E-state index contributed by atoms with van der Waals surface area (Å²) in [4.78, 5) is 14.0.